The number of halogens is 2. The molecule has 0 radical (unpaired) electrons. The quantitative estimate of drug-likeness (QED) is 0.412. The van der Waals surface area contributed by atoms with E-state index in [4.69, 9.17) is 33.7 Å². The summed E-state index contributed by atoms with van der Waals surface area (Å²) < 4.78 is 5.68. The van der Waals surface area contributed by atoms with E-state index in [0.29, 0.717) is 47.3 Å². The molecule has 1 atom stereocenters. The Kier molecular flexibility index (Phi) is 9.05. The Morgan fingerprint density at radius 1 is 1.10 bits per heavy atom. The molecule has 0 aromatic heterocycles. The number of nitrogens with two attached hydrogens (primary N) is 1. The average molecular weight is 440 g/mol. The van der Waals surface area contributed by atoms with Crippen LogP contribution in [0.2, 0.25) is 10.0 Å². The van der Waals surface area contributed by atoms with Crippen LogP contribution < -0.4 is 21.1 Å². The monoisotopic (exact) mass is 439 g/mol. The van der Waals surface area contributed by atoms with Crippen LogP contribution in [0.25, 0.3) is 0 Å². The van der Waals surface area contributed by atoms with Crippen molar-refractivity contribution >= 4 is 40.9 Å². The first-order chi connectivity index (χ1) is 13.9. The Labute approximate surface area is 179 Å². The number of nitrogens with one attached hydrogen (secondary N) is 2. The lowest BCUT2D eigenvalue weighted by Crippen LogP contribution is -2.43. The number of carbonyl (C=O) groups excluding carboxylic acids is 1. The molecule has 9 heteroatoms. The van der Waals surface area contributed by atoms with E-state index in [1.807, 2.05) is 0 Å². The number of aliphatic carboxylic acids is 1. The number of carboxylic acids is 1. The summed E-state index contributed by atoms with van der Waals surface area (Å²) in [5.41, 5.74) is 6.71. The number of amides is 2. The molecule has 0 saturated carbocycles. The van der Waals surface area contributed by atoms with Gasteiger partial charge in [0.25, 0.3) is 0 Å². The van der Waals surface area contributed by atoms with E-state index in [0.717, 1.165) is 5.56 Å². The average Bonchev–Trinajstić information content (AvgIpc) is 2.67. The number of carbonyl (C=O) groups is 2. The van der Waals surface area contributed by atoms with Crippen molar-refractivity contribution in [2.45, 2.75) is 31.9 Å². The molecule has 0 spiro atoms. The summed E-state index contributed by atoms with van der Waals surface area (Å²) in [5.74, 6) is -0.492. The van der Waals surface area contributed by atoms with E-state index >= 15 is 0 Å². The molecule has 5 N–H and O–H groups in total. The van der Waals surface area contributed by atoms with Crippen LogP contribution in [0.5, 0.6) is 5.75 Å². The first kappa shape index (κ1) is 22.8. The molecule has 156 valence electrons. The minimum atomic E-state index is -1.08. The van der Waals surface area contributed by atoms with Crippen molar-refractivity contribution in [3.05, 3.63) is 58.1 Å². The molecule has 0 aliphatic carbocycles. The summed E-state index contributed by atoms with van der Waals surface area (Å²) in [6.45, 7) is 0.754. The molecule has 2 amide bonds. The molecule has 2 aromatic rings. The van der Waals surface area contributed by atoms with E-state index in [2.05, 4.69) is 10.6 Å². The van der Waals surface area contributed by atoms with Crippen LogP contribution in [0, 0.1) is 0 Å². The lowest BCUT2D eigenvalue weighted by molar-refractivity contribution is -0.139. The third kappa shape index (κ3) is 7.81. The summed E-state index contributed by atoms with van der Waals surface area (Å²) >= 11 is 12.0. The molecule has 7 nitrogen and oxygen atoms in total. The number of hydrogen-bond donors (Lipinski definition) is 4. The van der Waals surface area contributed by atoms with Crippen molar-refractivity contribution in [1.29, 1.82) is 0 Å². The molecule has 1 unspecified atom stereocenters. The molecule has 2 rings (SSSR count). The molecule has 29 heavy (non-hydrogen) atoms. The molecule has 0 aliphatic rings. The van der Waals surface area contributed by atoms with Crippen molar-refractivity contribution in [2.75, 3.05) is 11.9 Å². The SMILES string of the molecule is NCCCCC(NC(=O)Nc1ccc(OCc2ccc(Cl)cc2Cl)cc1)C(=O)O. The molecule has 2 aromatic carbocycles. The Hall–Kier alpha value is -2.48. The Bertz CT molecular complexity index is 831. The minimum absolute atomic E-state index is 0.270. The van der Waals surface area contributed by atoms with Crippen LogP contribution in [0.15, 0.2) is 42.5 Å². The Balaban J connectivity index is 1.85. The number of carboxylic acid groups (broad SMARTS) is 1. The standard InChI is InChI=1S/C20H23Cl2N3O4/c21-14-5-4-13(17(22)11-14)12-29-16-8-6-15(7-9-16)24-20(28)25-18(19(26)27)3-1-2-10-23/h4-9,11,18H,1-3,10,12,23H2,(H,26,27)(H2,24,25,28). The normalized spacial score (nSPS) is 11.6. The number of unbranched alkanes of at least 4 members (excludes halogenated alkanes) is 1. The van der Waals surface area contributed by atoms with E-state index in [1.165, 1.54) is 0 Å². The van der Waals surface area contributed by atoms with Crippen LogP contribution >= 0.6 is 23.2 Å². The molecule has 0 fully saturated rings. The van der Waals surface area contributed by atoms with Gasteiger partial charge in [0.05, 0.1) is 0 Å². The Morgan fingerprint density at radius 3 is 2.45 bits per heavy atom. The maximum atomic E-state index is 12.1. The van der Waals surface area contributed by atoms with Gasteiger partial charge in [-0.1, -0.05) is 29.3 Å². The highest BCUT2D eigenvalue weighted by atomic mass is 35.5. The van der Waals surface area contributed by atoms with Gasteiger partial charge in [0.1, 0.15) is 18.4 Å². The second kappa shape index (κ2) is 11.5. The molecular weight excluding hydrogens is 417 g/mol. The summed E-state index contributed by atoms with van der Waals surface area (Å²) in [5, 5.41) is 15.3. The van der Waals surface area contributed by atoms with E-state index in [9.17, 15) is 14.7 Å². The van der Waals surface area contributed by atoms with Gasteiger partial charge in [0, 0.05) is 21.3 Å². The van der Waals surface area contributed by atoms with Gasteiger partial charge in [-0.2, -0.15) is 0 Å². The van der Waals surface area contributed by atoms with Crippen molar-refractivity contribution in [3.63, 3.8) is 0 Å². The number of hydrogen-bond acceptors (Lipinski definition) is 4. The van der Waals surface area contributed by atoms with E-state index in [-0.39, 0.29) is 6.61 Å². The number of ether oxygens (including phenoxy) is 1. The van der Waals surface area contributed by atoms with Crippen LogP contribution in [0.1, 0.15) is 24.8 Å². The second-order valence-corrected chi connectivity index (χ2v) is 7.17. The molecular formula is C20H23Cl2N3O4. The van der Waals surface area contributed by atoms with Gasteiger partial charge in [0.2, 0.25) is 0 Å². The highest BCUT2D eigenvalue weighted by molar-refractivity contribution is 6.35. The van der Waals surface area contributed by atoms with Gasteiger partial charge in [-0.15, -0.1) is 0 Å². The summed E-state index contributed by atoms with van der Waals surface area (Å²) in [6.07, 6.45) is 1.65. The number of rotatable bonds is 10. The number of benzene rings is 2. The van der Waals surface area contributed by atoms with Gasteiger partial charge in [-0.3, -0.25) is 0 Å². The zero-order chi connectivity index (χ0) is 21.2. The highest BCUT2D eigenvalue weighted by Crippen LogP contribution is 2.23. The van der Waals surface area contributed by atoms with Crippen molar-refractivity contribution in [1.82, 2.24) is 5.32 Å². The predicted octanol–water partition coefficient (Wildman–Crippen LogP) is 4.28. The fourth-order valence-corrected chi connectivity index (χ4v) is 2.97. The molecule has 0 saturated heterocycles. The summed E-state index contributed by atoms with van der Waals surface area (Å²) in [4.78, 5) is 23.3. The first-order valence-electron chi connectivity index (χ1n) is 9.06. The lowest BCUT2D eigenvalue weighted by atomic mass is 10.1. The fraction of sp³-hybridized carbons (Fsp3) is 0.300. The smallest absolute Gasteiger partial charge is 0.326 e. The largest absolute Gasteiger partial charge is 0.489 e. The van der Waals surface area contributed by atoms with Crippen molar-refractivity contribution in [3.8, 4) is 5.75 Å². The lowest BCUT2D eigenvalue weighted by Gasteiger charge is -2.15. The minimum Gasteiger partial charge on any atom is -0.489 e. The van der Waals surface area contributed by atoms with Crippen LogP contribution in [0.3, 0.4) is 0 Å². The van der Waals surface area contributed by atoms with Gasteiger partial charge < -0.3 is 26.2 Å². The van der Waals surface area contributed by atoms with Crippen molar-refractivity contribution < 1.29 is 19.4 Å². The van der Waals surface area contributed by atoms with Gasteiger partial charge in [0.15, 0.2) is 0 Å². The van der Waals surface area contributed by atoms with E-state index < -0.39 is 18.0 Å². The van der Waals surface area contributed by atoms with Gasteiger partial charge in [-0.25, -0.2) is 9.59 Å². The summed E-state index contributed by atoms with van der Waals surface area (Å²) in [6, 6.07) is 10.3. The van der Waals surface area contributed by atoms with Crippen LogP contribution in [-0.4, -0.2) is 29.7 Å². The topological polar surface area (TPSA) is 114 Å². The zero-order valence-electron chi connectivity index (χ0n) is 15.7. The maximum absolute atomic E-state index is 12.1. The molecule has 0 heterocycles. The van der Waals surface area contributed by atoms with Gasteiger partial charge in [-0.05, 0) is 62.2 Å². The Morgan fingerprint density at radius 2 is 1.83 bits per heavy atom. The first-order valence-corrected chi connectivity index (χ1v) is 9.82. The third-order valence-electron chi connectivity index (χ3n) is 4.07. The predicted molar refractivity (Wildman–Crippen MR) is 114 cm³/mol. The number of anilines is 1. The van der Waals surface area contributed by atoms with Crippen molar-refractivity contribution in [2.24, 2.45) is 5.73 Å². The van der Waals surface area contributed by atoms with Crippen LogP contribution in [-0.2, 0) is 11.4 Å². The van der Waals surface area contributed by atoms with E-state index in [1.54, 1.807) is 42.5 Å². The second-order valence-electron chi connectivity index (χ2n) is 6.32. The third-order valence-corrected chi connectivity index (χ3v) is 4.66. The fourth-order valence-electron chi connectivity index (χ4n) is 2.51. The van der Waals surface area contributed by atoms with Crippen LogP contribution in [0.4, 0.5) is 10.5 Å². The highest BCUT2D eigenvalue weighted by Gasteiger charge is 2.19. The summed E-state index contributed by atoms with van der Waals surface area (Å²) in [7, 11) is 0. The molecule has 0 bridgehead atoms. The zero-order valence-corrected chi connectivity index (χ0v) is 17.2. The van der Waals surface area contributed by atoms with Gasteiger partial charge >= 0.3 is 12.0 Å². The maximum Gasteiger partial charge on any atom is 0.326 e. The number of urea groups is 1. The molecule has 0 aliphatic heterocycles.